The summed E-state index contributed by atoms with van der Waals surface area (Å²) in [5.41, 5.74) is 1.52. The number of benzene rings is 1. The molecule has 0 aliphatic rings. The summed E-state index contributed by atoms with van der Waals surface area (Å²) in [5, 5.41) is 8.79. The molecule has 0 radical (unpaired) electrons. The van der Waals surface area contributed by atoms with Crippen LogP contribution in [0.3, 0.4) is 0 Å². The van der Waals surface area contributed by atoms with E-state index < -0.39 is 0 Å². The van der Waals surface area contributed by atoms with Gasteiger partial charge in [-0.05, 0) is 34.5 Å². The Bertz CT molecular complexity index is 341. The standard InChI is InChI=1S/C9H8BrNO/c1-6-3-4-8(10)7(5-11)9(6)12-2/h3-4H,1-2H3. The second-order valence-electron chi connectivity index (χ2n) is 2.38. The van der Waals surface area contributed by atoms with Gasteiger partial charge in [0.2, 0.25) is 0 Å². The van der Waals surface area contributed by atoms with Crippen molar-refractivity contribution >= 4 is 15.9 Å². The number of rotatable bonds is 1. The predicted octanol–water partition coefficient (Wildman–Crippen LogP) is 2.64. The van der Waals surface area contributed by atoms with E-state index in [0.29, 0.717) is 11.3 Å². The van der Waals surface area contributed by atoms with Crippen LogP contribution in [0.4, 0.5) is 0 Å². The molecular formula is C9H8BrNO. The first-order valence-corrected chi connectivity index (χ1v) is 4.23. The third kappa shape index (κ3) is 1.44. The highest BCUT2D eigenvalue weighted by molar-refractivity contribution is 9.10. The normalized spacial score (nSPS) is 9.17. The van der Waals surface area contributed by atoms with Crippen molar-refractivity contribution in [3.8, 4) is 11.8 Å². The molecular weight excluding hydrogens is 218 g/mol. The number of nitrogens with zero attached hydrogens (tertiary/aromatic N) is 1. The Morgan fingerprint density at radius 1 is 1.50 bits per heavy atom. The molecule has 1 aromatic rings. The lowest BCUT2D eigenvalue weighted by Crippen LogP contribution is -1.91. The Labute approximate surface area is 79.9 Å². The third-order valence-electron chi connectivity index (χ3n) is 1.62. The molecule has 1 rings (SSSR count). The zero-order valence-electron chi connectivity index (χ0n) is 6.89. The molecule has 0 spiro atoms. The van der Waals surface area contributed by atoms with Crippen molar-refractivity contribution in [2.75, 3.05) is 7.11 Å². The number of halogens is 1. The van der Waals surface area contributed by atoms with Crippen molar-refractivity contribution in [3.63, 3.8) is 0 Å². The van der Waals surface area contributed by atoms with Gasteiger partial charge in [-0.2, -0.15) is 5.26 Å². The fourth-order valence-electron chi connectivity index (χ4n) is 1.03. The summed E-state index contributed by atoms with van der Waals surface area (Å²) < 4.78 is 5.87. The van der Waals surface area contributed by atoms with E-state index in [1.54, 1.807) is 7.11 Å². The van der Waals surface area contributed by atoms with E-state index in [1.807, 2.05) is 19.1 Å². The molecule has 0 saturated heterocycles. The summed E-state index contributed by atoms with van der Waals surface area (Å²) >= 11 is 3.28. The highest BCUT2D eigenvalue weighted by Crippen LogP contribution is 2.28. The van der Waals surface area contributed by atoms with Crippen LogP contribution in [0.25, 0.3) is 0 Å². The van der Waals surface area contributed by atoms with Gasteiger partial charge < -0.3 is 4.74 Å². The average Bonchev–Trinajstić information content (AvgIpc) is 2.08. The van der Waals surface area contributed by atoms with Crippen LogP contribution < -0.4 is 4.74 Å². The van der Waals surface area contributed by atoms with Crippen molar-refractivity contribution in [3.05, 3.63) is 27.7 Å². The largest absolute Gasteiger partial charge is 0.495 e. The summed E-state index contributed by atoms with van der Waals surface area (Å²) in [5.74, 6) is 0.645. The lowest BCUT2D eigenvalue weighted by molar-refractivity contribution is 0.410. The second-order valence-corrected chi connectivity index (χ2v) is 3.24. The van der Waals surface area contributed by atoms with Gasteiger partial charge >= 0.3 is 0 Å². The van der Waals surface area contributed by atoms with Gasteiger partial charge in [0.25, 0.3) is 0 Å². The molecule has 0 aliphatic heterocycles. The van der Waals surface area contributed by atoms with Gasteiger partial charge in [-0.25, -0.2) is 0 Å². The lowest BCUT2D eigenvalue weighted by Gasteiger charge is -2.06. The SMILES string of the molecule is COc1c(C)ccc(Br)c1C#N. The smallest absolute Gasteiger partial charge is 0.140 e. The summed E-state index contributed by atoms with van der Waals surface area (Å²) in [4.78, 5) is 0. The van der Waals surface area contributed by atoms with E-state index in [4.69, 9.17) is 10.00 Å². The Morgan fingerprint density at radius 3 is 2.58 bits per heavy atom. The quantitative estimate of drug-likeness (QED) is 0.737. The minimum atomic E-state index is 0.553. The summed E-state index contributed by atoms with van der Waals surface area (Å²) in [6.07, 6.45) is 0. The van der Waals surface area contributed by atoms with Crippen molar-refractivity contribution in [1.29, 1.82) is 5.26 Å². The number of aryl methyl sites for hydroxylation is 1. The number of nitriles is 1. The molecule has 0 unspecified atom stereocenters. The van der Waals surface area contributed by atoms with Crippen LogP contribution in [0, 0.1) is 18.3 Å². The molecule has 0 heterocycles. The number of hydrogen-bond donors (Lipinski definition) is 0. The van der Waals surface area contributed by atoms with E-state index in [1.165, 1.54) is 0 Å². The number of methoxy groups -OCH3 is 1. The Hall–Kier alpha value is -1.01. The first-order chi connectivity index (χ1) is 5.70. The fraction of sp³-hybridized carbons (Fsp3) is 0.222. The molecule has 2 nitrogen and oxygen atoms in total. The maximum Gasteiger partial charge on any atom is 0.140 e. The lowest BCUT2D eigenvalue weighted by atomic mass is 10.1. The summed E-state index contributed by atoms with van der Waals surface area (Å²) in [7, 11) is 1.57. The molecule has 0 fully saturated rings. The predicted molar refractivity (Wildman–Crippen MR) is 50.1 cm³/mol. The Morgan fingerprint density at radius 2 is 2.17 bits per heavy atom. The van der Waals surface area contributed by atoms with E-state index in [-0.39, 0.29) is 0 Å². The first-order valence-electron chi connectivity index (χ1n) is 3.44. The van der Waals surface area contributed by atoms with Crippen molar-refractivity contribution in [2.45, 2.75) is 6.92 Å². The van der Waals surface area contributed by atoms with Crippen molar-refractivity contribution in [2.24, 2.45) is 0 Å². The molecule has 0 saturated carbocycles. The van der Waals surface area contributed by atoms with Crippen LogP contribution in [0.2, 0.25) is 0 Å². The van der Waals surface area contributed by atoms with E-state index in [9.17, 15) is 0 Å². The summed E-state index contributed by atoms with van der Waals surface area (Å²) in [6, 6.07) is 5.83. The van der Waals surface area contributed by atoms with Gasteiger partial charge in [0, 0.05) is 4.47 Å². The molecule has 3 heteroatoms. The Kier molecular flexibility index (Phi) is 2.72. The Balaban J connectivity index is 3.41. The molecule has 0 amide bonds. The van der Waals surface area contributed by atoms with E-state index in [0.717, 1.165) is 10.0 Å². The van der Waals surface area contributed by atoms with Crippen LogP contribution >= 0.6 is 15.9 Å². The van der Waals surface area contributed by atoms with Gasteiger partial charge in [0.1, 0.15) is 17.4 Å². The van der Waals surface area contributed by atoms with Crippen molar-refractivity contribution in [1.82, 2.24) is 0 Å². The molecule has 0 bridgehead atoms. The minimum absolute atomic E-state index is 0.553. The zero-order valence-corrected chi connectivity index (χ0v) is 8.47. The van der Waals surface area contributed by atoms with Crippen LogP contribution in [0.15, 0.2) is 16.6 Å². The molecule has 0 N–H and O–H groups in total. The van der Waals surface area contributed by atoms with Crippen LogP contribution in [0.1, 0.15) is 11.1 Å². The minimum Gasteiger partial charge on any atom is -0.495 e. The molecule has 1 aromatic carbocycles. The maximum absolute atomic E-state index is 8.79. The molecule has 0 atom stereocenters. The van der Waals surface area contributed by atoms with E-state index in [2.05, 4.69) is 22.0 Å². The van der Waals surface area contributed by atoms with Gasteiger partial charge in [-0.15, -0.1) is 0 Å². The maximum atomic E-state index is 8.79. The van der Waals surface area contributed by atoms with Gasteiger partial charge in [0.15, 0.2) is 0 Å². The zero-order chi connectivity index (χ0) is 9.14. The van der Waals surface area contributed by atoms with Crippen LogP contribution in [-0.2, 0) is 0 Å². The highest BCUT2D eigenvalue weighted by Gasteiger charge is 2.08. The molecule has 12 heavy (non-hydrogen) atoms. The van der Waals surface area contributed by atoms with Crippen LogP contribution in [0.5, 0.6) is 5.75 Å². The average molecular weight is 226 g/mol. The molecule has 0 aliphatic carbocycles. The van der Waals surface area contributed by atoms with Gasteiger partial charge in [-0.3, -0.25) is 0 Å². The molecule has 0 aromatic heterocycles. The van der Waals surface area contributed by atoms with Crippen molar-refractivity contribution < 1.29 is 4.74 Å². The second kappa shape index (κ2) is 3.59. The first kappa shape index (κ1) is 9.08. The number of hydrogen-bond acceptors (Lipinski definition) is 2. The van der Waals surface area contributed by atoms with Gasteiger partial charge in [0.05, 0.1) is 7.11 Å². The topological polar surface area (TPSA) is 33.0 Å². The van der Waals surface area contributed by atoms with Gasteiger partial charge in [-0.1, -0.05) is 6.07 Å². The third-order valence-corrected chi connectivity index (χ3v) is 2.28. The monoisotopic (exact) mass is 225 g/mol. The van der Waals surface area contributed by atoms with E-state index >= 15 is 0 Å². The fourth-order valence-corrected chi connectivity index (χ4v) is 1.43. The molecule has 62 valence electrons. The highest BCUT2D eigenvalue weighted by atomic mass is 79.9. The summed E-state index contributed by atoms with van der Waals surface area (Å²) in [6.45, 7) is 1.91. The van der Waals surface area contributed by atoms with Crippen LogP contribution in [-0.4, -0.2) is 7.11 Å². The number of ether oxygens (including phenoxy) is 1.